The Hall–Kier alpha value is -3.34. The topological polar surface area (TPSA) is 62.6 Å². The van der Waals surface area contributed by atoms with E-state index in [2.05, 4.69) is 0 Å². The van der Waals surface area contributed by atoms with Gasteiger partial charge in [0.1, 0.15) is 6.07 Å². The van der Waals surface area contributed by atoms with Gasteiger partial charge in [0.05, 0.1) is 17.2 Å². The van der Waals surface area contributed by atoms with Crippen molar-refractivity contribution in [2.75, 3.05) is 18.1 Å². The van der Waals surface area contributed by atoms with Crippen LogP contribution in [0.4, 0.5) is 5.69 Å². The van der Waals surface area contributed by atoms with Crippen LogP contribution in [-0.4, -0.2) is 23.4 Å². The lowest BCUT2D eigenvalue weighted by Crippen LogP contribution is -2.27. The molecule has 0 aromatic heterocycles. The van der Waals surface area contributed by atoms with Crippen molar-refractivity contribution in [1.29, 1.82) is 5.26 Å². The zero-order chi connectivity index (χ0) is 21.8. The first-order chi connectivity index (χ1) is 15.1. The standard InChI is InChI=1S/C24H18N2O3S2/c1-2-28-21-14-16(10-11-20(21)29-13-12-25)15-22-23(27)26(24(30)31-22)19-9-5-7-17-6-3-4-8-18(17)19/h3-11,14-15H,2,13H2,1H3/b22-15+. The molecule has 1 aliphatic rings. The fourth-order valence-electron chi connectivity index (χ4n) is 3.34. The first-order valence-electron chi connectivity index (χ1n) is 9.64. The van der Waals surface area contributed by atoms with Gasteiger partial charge < -0.3 is 9.47 Å². The predicted octanol–water partition coefficient (Wildman–Crippen LogP) is 5.55. The molecule has 0 saturated carbocycles. The third-order valence-corrected chi connectivity index (χ3v) is 5.96. The van der Waals surface area contributed by atoms with Gasteiger partial charge in [-0.2, -0.15) is 5.26 Å². The zero-order valence-electron chi connectivity index (χ0n) is 16.7. The number of benzene rings is 3. The van der Waals surface area contributed by atoms with Gasteiger partial charge in [-0.25, -0.2) is 0 Å². The molecule has 4 rings (SSSR count). The van der Waals surface area contributed by atoms with Crippen LogP contribution in [0.25, 0.3) is 16.8 Å². The van der Waals surface area contributed by atoms with Crippen LogP contribution in [-0.2, 0) is 4.79 Å². The van der Waals surface area contributed by atoms with Crippen LogP contribution < -0.4 is 14.4 Å². The van der Waals surface area contributed by atoms with Gasteiger partial charge in [-0.05, 0) is 42.1 Å². The summed E-state index contributed by atoms with van der Waals surface area (Å²) in [6.45, 7) is 2.26. The van der Waals surface area contributed by atoms with E-state index in [1.165, 1.54) is 11.8 Å². The second-order valence-corrected chi connectivity index (χ2v) is 8.28. The number of nitriles is 1. The van der Waals surface area contributed by atoms with Gasteiger partial charge in [0.15, 0.2) is 22.4 Å². The number of fused-ring (bicyclic) bond motifs is 1. The monoisotopic (exact) mass is 446 g/mol. The number of thioether (sulfide) groups is 1. The molecule has 1 aliphatic heterocycles. The lowest BCUT2D eigenvalue weighted by Gasteiger charge is -2.17. The lowest BCUT2D eigenvalue weighted by molar-refractivity contribution is -0.113. The van der Waals surface area contributed by atoms with E-state index in [1.807, 2.05) is 61.5 Å². The van der Waals surface area contributed by atoms with Crippen LogP contribution in [0.5, 0.6) is 11.5 Å². The highest BCUT2D eigenvalue weighted by Crippen LogP contribution is 2.39. The molecule has 0 spiro atoms. The number of hydrogen-bond donors (Lipinski definition) is 0. The molecule has 0 radical (unpaired) electrons. The highest BCUT2D eigenvalue weighted by atomic mass is 32.2. The fourth-order valence-corrected chi connectivity index (χ4v) is 4.63. The number of carbonyl (C=O) groups is 1. The Morgan fingerprint density at radius 3 is 2.71 bits per heavy atom. The highest BCUT2D eigenvalue weighted by molar-refractivity contribution is 8.27. The first-order valence-corrected chi connectivity index (χ1v) is 10.9. The van der Waals surface area contributed by atoms with Crippen molar-refractivity contribution in [1.82, 2.24) is 0 Å². The number of amides is 1. The van der Waals surface area contributed by atoms with E-state index in [4.69, 9.17) is 27.0 Å². The number of carbonyl (C=O) groups excluding carboxylic acids is 1. The second kappa shape index (κ2) is 9.21. The molecule has 1 amide bonds. The molecule has 0 aliphatic carbocycles. The van der Waals surface area contributed by atoms with Crippen LogP contribution in [0.3, 0.4) is 0 Å². The van der Waals surface area contributed by atoms with Crippen LogP contribution in [0.1, 0.15) is 12.5 Å². The molecule has 7 heteroatoms. The Morgan fingerprint density at radius 2 is 1.90 bits per heavy atom. The largest absolute Gasteiger partial charge is 0.490 e. The summed E-state index contributed by atoms with van der Waals surface area (Å²) >= 11 is 6.81. The fraction of sp³-hybridized carbons (Fsp3) is 0.125. The van der Waals surface area contributed by atoms with Crippen molar-refractivity contribution in [2.24, 2.45) is 0 Å². The molecular weight excluding hydrogens is 428 g/mol. The third kappa shape index (κ3) is 4.26. The molecule has 3 aromatic carbocycles. The van der Waals surface area contributed by atoms with Crippen molar-refractivity contribution >= 4 is 56.7 Å². The van der Waals surface area contributed by atoms with Gasteiger partial charge in [-0.15, -0.1) is 0 Å². The quantitative estimate of drug-likeness (QED) is 0.366. The van der Waals surface area contributed by atoms with Crippen LogP contribution in [0, 0.1) is 11.3 Å². The van der Waals surface area contributed by atoms with E-state index in [1.54, 1.807) is 23.1 Å². The average molecular weight is 447 g/mol. The molecule has 154 valence electrons. The number of ether oxygens (including phenoxy) is 2. The minimum Gasteiger partial charge on any atom is -0.490 e. The summed E-state index contributed by atoms with van der Waals surface area (Å²) in [4.78, 5) is 15.4. The minimum absolute atomic E-state index is 0.0664. The van der Waals surface area contributed by atoms with Crippen molar-refractivity contribution in [3.8, 4) is 17.6 Å². The summed E-state index contributed by atoms with van der Waals surface area (Å²) in [5, 5.41) is 10.8. The van der Waals surface area contributed by atoms with Crippen LogP contribution in [0.15, 0.2) is 65.6 Å². The molecule has 31 heavy (non-hydrogen) atoms. The van der Waals surface area contributed by atoms with Crippen molar-refractivity contribution in [2.45, 2.75) is 6.92 Å². The molecule has 0 atom stereocenters. The summed E-state index contributed by atoms with van der Waals surface area (Å²) < 4.78 is 11.5. The number of rotatable bonds is 6. The van der Waals surface area contributed by atoms with E-state index in [-0.39, 0.29) is 12.5 Å². The molecule has 1 saturated heterocycles. The van der Waals surface area contributed by atoms with Crippen molar-refractivity contribution < 1.29 is 14.3 Å². The number of anilines is 1. The molecule has 0 bridgehead atoms. The smallest absolute Gasteiger partial charge is 0.270 e. The van der Waals surface area contributed by atoms with E-state index in [0.29, 0.717) is 27.3 Å². The second-order valence-electron chi connectivity index (χ2n) is 6.60. The number of hydrogen-bond acceptors (Lipinski definition) is 6. The Balaban J connectivity index is 1.67. The highest BCUT2D eigenvalue weighted by Gasteiger charge is 2.34. The Morgan fingerprint density at radius 1 is 1.10 bits per heavy atom. The SMILES string of the molecule is CCOc1cc(/C=C2/SC(=S)N(c3cccc4ccccc34)C2=O)ccc1OCC#N. The summed E-state index contributed by atoms with van der Waals surface area (Å²) in [7, 11) is 0. The molecule has 5 nitrogen and oxygen atoms in total. The Kier molecular flexibility index (Phi) is 6.21. The van der Waals surface area contributed by atoms with E-state index < -0.39 is 0 Å². The van der Waals surface area contributed by atoms with Gasteiger partial charge in [0.25, 0.3) is 5.91 Å². The van der Waals surface area contributed by atoms with Gasteiger partial charge in [-0.1, -0.05) is 66.4 Å². The van der Waals surface area contributed by atoms with Crippen molar-refractivity contribution in [3.05, 3.63) is 71.1 Å². The predicted molar refractivity (Wildman–Crippen MR) is 128 cm³/mol. The maximum absolute atomic E-state index is 13.2. The van der Waals surface area contributed by atoms with Gasteiger partial charge in [0.2, 0.25) is 0 Å². The number of nitrogens with zero attached hydrogens (tertiary/aromatic N) is 2. The minimum atomic E-state index is -0.158. The maximum Gasteiger partial charge on any atom is 0.270 e. The van der Waals surface area contributed by atoms with E-state index >= 15 is 0 Å². The third-order valence-electron chi connectivity index (χ3n) is 4.66. The summed E-state index contributed by atoms with van der Waals surface area (Å²) in [5.74, 6) is 0.856. The van der Waals surface area contributed by atoms with Crippen molar-refractivity contribution in [3.63, 3.8) is 0 Å². The average Bonchev–Trinajstić information content (AvgIpc) is 3.05. The van der Waals surface area contributed by atoms with E-state index in [9.17, 15) is 4.79 Å². The molecule has 0 N–H and O–H groups in total. The van der Waals surface area contributed by atoms with Crippen LogP contribution >= 0.6 is 24.0 Å². The Labute approximate surface area is 189 Å². The van der Waals surface area contributed by atoms with E-state index in [0.717, 1.165) is 22.0 Å². The molecule has 0 unspecified atom stereocenters. The summed E-state index contributed by atoms with van der Waals surface area (Å²) in [6, 6.07) is 21.1. The molecular formula is C24H18N2O3S2. The van der Waals surface area contributed by atoms with Gasteiger partial charge in [-0.3, -0.25) is 9.69 Å². The zero-order valence-corrected chi connectivity index (χ0v) is 18.3. The summed E-state index contributed by atoms with van der Waals surface area (Å²) in [6.07, 6.45) is 1.79. The Bertz CT molecular complexity index is 1240. The maximum atomic E-state index is 13.2. The van der Waals surface area contributed by atoms with Gasteiger partial charge >= 0.3 is 0 Å². The van der Waals surface area contributed by atoms with Crippen LogP contribution in [0.2, 0.25) is 0 Å². The van der Waals surface area contributed by atoms with Gasteiger partial charge in [0, 0.05) is 5.39 Å². The molecule has 1 fully saturated rings. The number of thiocarbonyl (C=S) groups is 1. The normalized spacial score (nSPS) is 14.8. The molecule has 1 heterocycles. The first kappa shape index (κ1) is 20.9. The summed E-state index contributed by atoms with van der Waals surface area (Å²) in [5.41, 5.74) is 1.56. The lowest BCUT2D eigenvalue weighted by atomic mass is 10.1. The molecule has 3 aromatic rings.